The van der Waals surface area contributed by atoms with Crippen LogP contribution < -0.4 is 5.32 Å². The van der Waals surface area contributed by atoms with E-state index < -0.39 is 12.5 Å². The Morgan fingerprint density at radius 1 is 1.55 bits per heavy atom. The maximum Gasteiger partial charge on any atom is 0.333 e. The molecule has 1 aromatic heterocycles. The van der Waals surface area contributed by atoms with Crippen molar-refractivity contribution in [2.45, 2.75) is 45.3 Å². The molecule has 20 heavy (non-hydrogen) atoms. The van der Waals surface area contributed by atoms with E-state index in [-0.39, 0.29) is 11.2 Å². The van der Waals surface area contributed by atoms with Crippen molar-refractivity contribution in [2.75, 3.05) is 13.1 Å². The van der Waals surface area contributed by atoms with Crippen LogP contribution in [0, 0.1) is 0 Å². The molecule has 1 fully saturated rings. The molecular formula is C13H20F2N4O. The Labute approximate surface area is 116 Å². The number of nitrogens with one attached hydrogen (secondary N) is 1. The van der Waals surface area contributed by atoms with E-state index in [0.717, 1.165) is 19.2 Å². The van der Waals surface area contributed by atoms with Gasteiger partial charge in [0, 0.05) is 30.9 Å². The molecule has 0 radical (unpaired) electrons. The summed E-state index contributed by atoms with van der Waals surface area (Å²) in [7, 11) is 0. The second-order valence-electron chi connectivity index (χ2n) is 5.98. The highest BCUT2D eigenvalue weighted by Crippen LogP contribution is 2.26. The number of hydrogen-bond acceptors (Lipinski definition) is 3. The van der Waals surface area contributed by atoms with Crippen molar-refractivity contribution in [2.24, 2.45) is 0 Å². The van der Waals surface area contributed by atoms with Gasteiger partial charge in [0.15, 0.2) is 0 Å². The first-order valence-electron chi connectivity index (χ1n) is 6.67. The van der Waals surface area contributed by atoms with Crippen molar-refractivity contribution in [1.29, 1.82) is 0 Å². The van der Waals surface area contributed by atoms with Crippen molar-refractivity contribution in [1.82, 2.24) is 20.0 Å². The summed E-state index contributed by atoms with van der Waals surface area (Å²) in [5.74, 6) is -0.412. The molecule has 2 rings (SSSR count). The molecule has 0 bridgehead atoms. The SMILES string of the molecule is CC(C)(C)N1CCC1CNC(=O)c1ccn(C(F)F)n1. The quantitative estimate of drug-likeness (QED) is 0.919. The third-order valence-electron chi connectivity index (χ3n) is 3.54. The lowest BCUT2D eigenvalue weighted by Crippen LogP contribution is -2.60. The van der Waals surface area contributed by atoms with Crippen LogP contribution in [0.5, 0.6) is 0 Å². The fourth-order valence-corrected chi connectivity index (χ4v) is 2.41. The number of nitrogens with zero attached hydrogens (tertiary/aromatic N) is 3. The zero-order chi connectivity index (χ0) is 14.9. The molecule has 0 aromatic carbocycles. The van der Waals surface area contributed by atoms with Gasteiger partial charge in [-0.1, -0.05) is 0 Å². The first kappa shape index (κ1) is 14.9. The average molecular weight is 286 g/mol. The highest BCUT2D eigenvalue weighted by atomic mass is 19.3. The van der Waals surface area contributed by atoms with Gasteiger partial charge < -0.3 is 5.32 Å². The van der Waals surface area contributed by atoms with E-state index in [2.05, 4.69) is 36.1 Å². The molecule has 0 saturated carbocycles. The van der Waals surface area contributed by atoms with Crippen LogP contribution in [-0.2, 0) is 0 Å². The molecule has 1 aromatic rings. The average Bonchev–Trinajstić information content (AvgIpc) is 2.74. The molecule has 1 atom stereocenters. The van der Waals surface area contributed by atoms with Gasteiger partial charge in [-0.2, -0.15) is 13.9 Å². The van der Waals surface area contributed by atoms with Gasteiger partial charge in [0.05, 0.1) is 0 Å². The van der Waals surface area contributed by atoms with Crippen molar-refractivity contribution in [3.8, 4) is 0 Å². The number of likely N-dealkylation sites (tertiary alicyclic amines) is 1. The highest BCUT2D eigenvalue weighted by Gasteiger charge is 2.35. The van der Waals surface area contributed by atoms with E-state index in [1.54, 1.807) is 0 Å². The van der Waals surface area contributed by atoms with E-state index in [1.165, 1.54) is 6.07 Å². The van der Waals surface area contributed by atoms with E-state index in [0.29, 0.717) is 17.3 Å². The second kappa shape index (κ2) is 5.47. The Morgan fingerprint density at radius 3 is 2.70 bits per heavy atom. The first-order chi connectivity index (χ1) is 9.29. The van der Waals surface area contributed by atoms with Gasteiger partial charge >= 0.3 is 6.55 Å². The normalized spacial score (nSPS) is 20.0. The minimum Gasteiger partial charge on any atom is -0.349 e. The molecule has 5 nitrogen and oxygen atoms in total. The Morgan fingerprint density at radius 2 is 2.25 bits per heavy atom. The minimum absolute atomic E-state index is 0.0203. The largest absolute Gasteiger partial charge is 0.349 e. The zero-order valence-electron chi connectivity index (χ0n) is 11.9. The van der Waals surface area contributed by atoms with E-state index >= 15 is 0 Å². The van der Waals surface area contributed by atoms with Crippen molar-refractivity contribution >= 4 is 5.91 Å². The Bertz CT molecular complexity index is 481. The summed E-state index contributed by atoms with van der Waals surface area (Å²) >= 11 is 0. The predicted molar refractivity (Wildman–Crippen MR) is 70.7 cm³/mol. The van der Waals surface area contributed by atoms with Crippen LogP contribution >= 0.6 is 0 Å². The monoisotopic (exact) mass is 286 g/mol. The predicted octanol–water partition coefficient (Wildman–Crippen LogP) is 1.88. The molecule has 1 aliphatic rings. The number of rotatable bonds is 4. The number of amides is 1. The van der Waals surface area contributed by atoms with Crippen molar-refractivity contribution < 1.29 is 13.6 Å². The van der Waals surface area contributed by atoms with Gasteiger partial charge in [-0.05, 0) is 33.3 Å². The van der Waals surface area contributed by atoms with Crippen LogP contribution in [0.3, 0.4) is 0 Å². The second-order valence-corrected chi connectivity index (χ2v) is 5.98. The lowest BCUT2D eigenvalue weighted by molar-refractivity contribution is 0.00274. The third-order valence-corrected chi connectivity index (χ3v) is 3.54. The number of hydrogen-bond donors (Lipinski definition) is 1. The molecular weight excluding hydrogens is 266 g/mol. The van der Waals surface area contributed by atoms with E-state index in [4.69, 9.17) is 0 Å². The van der Waals surface area contributed by atoms with E-state index in [9.17, 15) is 13.6 Å². The summed E-state index contributed by atoms with van der Waals surface area (Å²) in [5, 5.41) is 6.29. The molecule has 1 saturated heterocycles. The summed E-state index contributed by atoms with van der Waals surface area (Å²) in [4.78, 5) is 14.1. The molecule has 1 unspecified atom stereocenters. The van der Waals surface area contributed by atoms with Crippen molar-refractivity contribution in [3.63, 3.8) is 0 Å². The molecule has 7 heteroatoms. The maximum atomic E-state index is 12.4. The van der Waals surface area contributed by atoms with Gasteiger partial charge in [0.1, 0.15) is 5.69 Å². The highest BCUT2D eigenvalue weighted by molar-refractivity contribution is 5.92. The van der Waals surface area contributed by atoms with Gasteiger partial charge in [-0.25, -0.2) is 4.68 Å². The Kier molecular flexibility index (Phi) is 4.08. The molecule has 2 heterocycles. The number of alkyl halides is 2. The van der Waals surface area contributed by atoms with Crippen LogP contribution in [0.4, 0.5) is 8.78 Å². The molecule has 1 amide bonds. The summed E-state index contributed by atoms with van der Waals surface area (Å²) in [5.41, 5.74) is 0.0946. The van der Waals surface area contributed by atoms with Crippen LogP contribution in [0.1, 0.15) is 44.2 Å². The van der Waals surface area contributed by atoms with Crippen LogP contribution in [0.15, 0.2) is 12.3 Å². The summed E-state index contributed by atoms with van der Waals surface area (Å²) in [6.45, 7) is 5.20. The van der Waals surface area contributed by atoms with Crippen LogP contribution in [-0.4, -0.2) is 45.3 Å². The van der Waals surface area contributed by atoms with Gasteiger partial charge in [0.2, 0.25) is 0 Å². The van der Waals surface area contributed by atoms with Crippen LogP contribution in [0.2, 0.25) is 0 Å². The number of halogens is 2. The van der Waals surface area contributed by atoms with Gasteiger partial charge in [-0.3, -0.25) is 9.69 Å². The summed E-state index contributed by atoms with van der Waals surface area (Å²) in [6, 6.07) is 1.60. The smallest absolute Gasteiger partial charge is 0.333 e. The Balaban J connectivity index is 1.86. The topological polar surface area (TPSA) is 50.2 Å². The fraction of sp³-hybridized carbons (Fsp3) is 0.692. The summed E-state index contributed by atoms with van der Waals surface area (Å²) in [6.07, 6.45) is 2.13. The summed E-state index contributed by atoms with van der Waals surface area (Å²) < 4.78 is 25.2. The van der Waals surface area contributed by atoms with Crippen molar-refractivity contribution in [3.05, 3.63) is 18.0 Å². The fourth-order valence-electron chi connectivity index (χ4n) is 2.41. The zero-order valence-corrected chi connectivity index (χ0v) is 11.9. The molecule has 112 valence electrons. The van der Waals surface area contributed by atoms with Gasteiger partial charge in [0.25, 0.3) is 5.91 Å². The third kappa shape index (κ3) is 3.15. The van der Waals surface area contributed by atoms with E-state index in [1.807, 2.05) is 0 Å². The molecule has 0 spiro atoms. The number of carbonyl (C=O) groups excluding carboxylic acids is 1. The molecule has 1 N–H and O–H groups in total. The lowest BCUT2D eigenvalue weighted by atomic mass is 9.93. The lowest BCUT2D eigenvalue weighted by Gasteiger charge is -2.49. The molecule has 0 aliphatic carbocycles. The first-order valence-corrected chi connectivity index (χ1v) is 6.67. The number of carbonyl (C=O) groups is 1. The van der Waals surface area contributed by atoms with Crippen LogP contribution in [0.25, 0.3) is 0 Å². The maximum absolute atomic E-state index is 12.4. The Hall–Kier alpha value is -1.50. The minimum atomic E-state index is -2.72. The standard InChI is InChI=1S/C13H20F2N4O/c1-13(2,3)18-6-4-9(18)8-16-11(20)10-5-7-19(17-10)12(14)15/h5,7,9,12H,4,6,8H2,1-3H3,(H,16,20). The van der Waals surface area contributed by atoms with Gasteiger partial charge in [-0.15, -0.1) is 0 Å². The molecule has 1 aliphatic heterocycles. The number of aromatic nitrogens is 2.